The average molecular weight is 296 g/mol. The van der Waals surface area contributed by atoms with E-state index in [9.17, 15) is 0 Å². The van der Waals surface area contributed by atoms with Crippen molar-refractivity contribution >= 4 is 23.2 Å². The zero-order chi connectivity index (χ0) is 13.8. The van der Waals surface area contributed by atoms with E-state index in [0.29, 0.717) is 10.0 Å². The summed E-state index contributed by atoms with van der Waals surface area (Å²) < 4.78 is 0. The van der Waals surface area contributed by atoms with Gasteiger partial charge in [0, 0.05) is 6.20 Å². The van der Waals surface area contributed by atoms with Crippen LogP contribution in [0, 0.1) is 6.92 Å². The first-order valence-corrected chi connectivity index (χ1v) is 6.76. The lowest BCUT2D eigenvalue weighted by molar-refractivity contribution is 0.572. The number of nitrogens with zero attached hydrogens (tertiary/aromatic N) is 2. The van der Waals surface area contributed by atoms with Crippen molar-refractivity contribution < 1.29 is 0 Å². The molecular weight excluding hydrogens is 281 g/mol. The molecule has 100 valence electrons. The minimum Gasteiger partial charge on any atom is -0.311 e. The van der Waals surface area contributed by atoms with Crippen LogP contribution in [0.25, 0.3) is 0 Å². The van der Waals surface area contributed by atoms with Gasteiger partial charge in [-0.3, -0.25) is 0 Å². The second-order valence-corrected chi connectivity index (χ2v) is 5.14. The Hall–Kier alpha value is -1.16. The predicted octanol–water partition coefficient (Wildman–Crippen LogP) is 3.60. The van der Waals surface area contributed by atoms with Crippen molar-refractivity contribution in [1.29, 1.82) is 0 Å². The van der Waals surface area contributed by atoms with Crippen molar-refractivity contribution in [2.45, 2.75) is 19.4 Å². The van der Waals surface area contributed by atoms with E-state index in [1.54, 1.807) is 6.20 Å². The lowest BCUT2D eigenvalue weighted by atomic mass is 10.0. The normalized spacial score (nSPS) is 12.4. The summed E-state index contributed by atoms with van der Waals surface area (Å²) in [6.45, 7) is 1.88. The van der Waals surface area contributed by atoms with Crippen molar-refractivity contribution in [1.82, 2.24) is 15.3 Å². The van der Waals surface area contributed by atoms with Gasteiger partial charge >= 0.3 is 0 Å². The molecule has 0 aliphatic rings. The zero-order valence-corrected chi connectivity index (χ0v) is 12.3. The van der Waals surface area contributed by atoms with Gasteiger partial charge in [-0.25, -0.2) is 9.97 Å². The molecule has 0 radical (unpaired) electrons. The molecule has 0 saturated heterocycles. The summed E-state index contributed by atoms with van der Waals surface area (Å²) in [4.78, 5) is 8.56. The first-order valence-electron chi connectivity index (χ1n) is 6.01. The minimum atomic E-state index is 0.124. The van der Waals surface area contributed by atoms with Gasteiger partial charge in [-0.15, -0.1) is 0 Å². The van der Waals surface area contributed by atoms with Crippen molar-refractivity contribution in [2.75, 3.05) is 7.05 Å². The fraction of sp³-hybridized carbons (Fsp3) is 0.286. The highest BCUT2D eigenvalue weighted by Gasteiger charge is 2.12. The van der Waals surface area contributed by atoms with Crippen LogP contribution in [0.15, 0.2) is 30.5 Å². The summed E-state index contributed by atoms with van der Waals surface area (Å²) in [6, 6.07) is 7.73. The van der Waals surface area contributed by atoms with Gasteiger partial charge in [0.15, 0.2) is 0 Å². The maximum absolute atomic E-state index is 6.03. The van der Waals surface area contributed by atoms with Crippen LogP contribution in [0.2, 0.25) is 10.0 Å². The first kappa shape index (κ1) is 14.3. The number of hydrogen-bond acceptors (Lipinski definition) is 3. The molecule has 1 aromatic carbocycles. The third kappa shape index (κ3) is 3.66. The number of halogens is 2. The number of nitrogens with one attached hydrogen (secondary N) is 1. The highest BCUT2D eigenvalue weighted by Crippen LogP contribution is 2.25. The van der Waals surface area contributed by atoms with Crippen molar-refractivity contribution in [3.8, 4) is 0 Å². The molecule has 0 saturated carbocycles. The van der Waals surface area contributed by atoms with Gasteiger partial charge in [-0.05, 0) is 44.2 Å². The van der Waals surface area contributed by atoms with Gasteiger partial charge in [0.25, 0.3) is 0 Å². The van der Waals surface area contributed by atoms with Crippen LogP contribution in [0.4, 0.5) is 0 Å². The van der Waals surface area contributed by atoms with Crippen LogP contribution in [0.3, 0.4) is 0 Å². The maximum Gasteiger partial charge on any atom is 0.125 e. The number of aryl methyl sites for hydroxylation is 1. The summed E-state index contributed by atoms with van der Waals surface area (Å²) in [5, 5.41) is 4.41. The van der Waals surface area contributed by atoms with Gasteiger partial charge in [0.2, 0.25) is 0 Å². The molecule has 2 aromatic rings. The number of aromatic nitrogens is 2. The molecule has 1 N–H and O–H groups in total. The Bertz CT molecular complexity index is 572. The van der Waals surface area contributed by atoms with Gasteiger partial charge in [-0.1, -0.05) is 29.3 Å². The SMILES string of the molecule is CNC(Cc1ccc(Cl)c(Cl)c1)c1ccnc(C)n1. The van der Waals surface area contributed by atoms with Crippen molar-refractivity contribution in [3.05, 3.63) is 57.6 Å². The first-order chi connectivity index (χ1) is 9.10. The highest BCUT2D eigenvalue weighted by atomic mass is 35.5. The number of rotatable bonds is 4. The molecule has 0 bridgehead atoms. The van der Waals surface area contributed by atoms with E-state index in [0.717, 1.165) is 23.5 Å². The third-order valence-electron chi connectivity index (χ3n) is 2.93. The summed E-state index contributed by atoms with van der Waals surface area (Å²) in [7, 11) is 1.92. The summed E-state index contributed by atoms with van der Waals surface area (Å²) in [5.41, 5.74) is 2.09. The predicted molar refractivity (Wildman–Crippen MR) is 78.7 cm³/mol. The number of benzene rings is 1. The largest absolute Gasteiger partial charge is 0.311 e. The van der Waals surface area contributed by atoms with E-state index in [-0.39, 0.29) is 6.04 Å². The lowest BCUT2D eigenvalue weighted by Gasteiger charge is -2.16. The quantitative estimate of drug-likeness (QED) is 0.937. The number of likely N-dealkylation sites (N-methyl/N-ethyl adjacent to an activating group) is 1. The second-order valence-electron chi connectivity index (χ2n) is 4.32. The Morgan fingerprint density at radius 2 is 2.00 bits per heavy atom. The Balaban J connectivity index is 2.21. The molecule has 19 heavy (non-hydrogen) atoms. The molecule has 0 aliphatic carbocycles. The average Bonchev–Trinajstić information content (AvgIpc) is 2.40. The van der Waals surface area contributed by atoms with E-state index in [2.05, 4.69) is 15.3 Å². The van der Waals surface area contributed by atoms with E-state index in [1.807, 2.05) is 38.2 Å². The number of hydrogen-bond donors (Lipinski definition) is 1. The van der Waals surface area contributed by atoms with Crippen LogP contribution < -0.4 is 5.32 Å². The molecule has 1 unspecified atom stereocenters. The molecule has 1 aromatic heterocycles. The Morgan fingerprint density at radius 1 is 1.21 bits per heavy atom. The monoisotopic (exact) mass is 295 g/mol. The summed E-state index contributed by atoms with van der Waals surface area (Å²) in [5.74, 6) is 0.770. The Labute approximate surface area is 123 Å². The van der Waals surface area contributed by atoms with Crippen LogP contribution >= 0.6 is 23.2 Å². The molecule has 1 atom stereocenters. The van der Waals surface area contributed by atoms with Gasteiger partial charge in [-0.2, -0.15) is 0 Å². The molecule has 0 aliphatic heterocycles. The third-order valence-corrected chi connectivity index (χ3v) is 3.67. The topological polar surface area (TPSA) is 37.8 Å². The molecule has 0 fully saturated rings. The van der Waals surface area contributed by atoms with E-state index >= 15 is 0 Å². The molecule has 0 amide bonds. The summed E-state index contributed by atoms with van der Waals surface area (Å²) >= 11 is 12.0. The van der Waals surface area contributed by atoms with E-state index < -0.39 is 0 Å². The molecule has 3 nitrogen and oxygen atoms in total. The van der Waals surface area contributed by atoms with E-state index in [4.69, 9.17) is 23.2 Å². The van der Waals surface area contributed by atoms with Gasteiger partial charge in [0.05, 0.1) is 21.8 Å². The zero-order valence-electron chi connectivity index (χ0n) is 10.8. The fourth-order valence-corrected chi connectivity index (χ4v) is 2.25. The minimum absolute atomic E-state index is 0.124. The molecule has 5 heteroatoms. The van der Waals surface area contributed by atoms with Crippen molar-refractivity contribution in [3.63, 3.8) is 0 Å². The standard InChI is InChI=1S/C14H15Cl2N3/c1-9-18-6-5-13(19-9)14(17-2)8-10-3-4-11(15)12(16)7-10/h3-7,14,17H,8H2,1-2H3. The maximum atomic E-state index is 6.03. The van der Waals surface area contributed by atoms with Crippen LogP contribution in [0.1, 0.15) is 23.1 Å². The summed E-state index contributed by atoms with van der Waals surface area (Å²) in [6.07, 6.45) is 2.57. The molecule has 1 heterocycles. The molecule has 0 spiro atoms. The second kappa shape index (κ2) is 6.33. The van der Waals surface area contributed by atoms with Crippen LogP contribution in [-0.2, 0) is 6.42 Å². The Morgan fingerprint density at radius 3 is 2.63 bits per heavy atom. The molecule has 2 rings (SSSR count). The van der Waals surface area contributed by atoms with Crippen molar-refractivity contribution in [2.24, 2.45) is 0 Å². The lowest BCUT2D eigenvalue weighted by Crippen LogP contribution is -2.20. The highest BCUT2D eigenvalue weighted by molar-refractivity contribution is 6.42. The molecular formula is C14H15Cl2N3. The Kier molecular flexibility index (Phi) is 4.75. The van der Waals surface area contributed by atoms with E-state index in [1.165, 1.54) is 0 Å². The smallest absolute Gasteiger partial charge is 0.125 e. The fourth-order valence-electron chi connectivity index (χ4n) is 1.93. The van der Waals surface area contributed by atoms with Crippen LogP contribution in [-0.4, -0.2) is 17.0 Å². The van der Waals surface area contributed by atoms with Gasteiger partial charge in [0.1, 0.15) is 5.82 Å². The van der Waals surface area contributed by atoms with Gasteiger partial charge < -0.3 is 5.32 Å². The van der Waals surface area contributed by atoms with Crippen LogP contribution in [0.5, 0.6) is 0 Å².